The van der Waals surface area contributed by atoms with E-state index in [0.717, 1.165) is 16.9 Å². The number of hydrazine groups is 1. The molecule has 0 spiro atoms. The van der Waals surface area contributed by atoms with E-state index in [0.29, 0.717) is 5.69 Å². The van der Waals surface area contributed by atoms with E-state index in [2.05, 4.69) is 42.1 Å². The third-order valence-electron chi connectivity index (χ3n) is 3.51. The molecular weight excluding hydrogens is 435 g/mol. The lowest BCUT2D eigenvalue weighted by Gasteiger charge is -2.11. The van der Waals surface area contributed by atoms with E-state index in [1.54, 1.807) is 24.3 Å². The second kappa shape index (κ2) is 8.39. The normalized spacial score (nSPS) is 10.2. The van der Waals surface area contributed by atoms with Gasteiger partial charge in [-0.1, -0.05) is 34.1 Å². The number of aromatic nitrogens is 2. The molecular formula is C17H12BrFN6O3. The molecule has 1 amide bonds. The molecule has 0 aliphatic heterocycles. The van der Waals surface area contributed by atoms with Crippen LogP contribution >= 0.6 is 15.9 Å². The number of hydrogen-bond acceptors (Lipinski definition) is 7. The summed E-state index contributed by atoms with van der Waals surface area (Å²) >= 11 is 3.31. The van der Waals surface area contributed by atoms with Crippen LogP contribution in [0.3, 0.4) is 0 Å². The highest BCUT2D eigenvalue weighted by molar-refractivity contribution is 9.10. The van der Waals surface area contributed by atoms with Gasteiger partial charge in [0.1, 0.15) is 12.1 Å². The van der Waals surface area contributed by atoms with Crippen LogP contribution in [-0.4, -0.2) is 20.8 Å². The fourth-order valence-electron chi connectivity index (χ4n) is 2.27. The number of nitro groups is 1. The maximum absolute atomic E-state index is 13.7. The fourth-order valence-corrected chi connectivity index (χ4v) is 2.67. The van der Waals surface area contributed by atoms with Crippen molar-refractivity contribution in [3.63, 3.8) is 0 Å². The van der Waals surface area contributed by atoms with Gasteiger partial charge in [0.15, 0.2) is 0 Å². The number of benzene rings is 2. The first-order chi connectivity index (χ1) is 13.5. The van der Waals surface area contributed by atoms with Crippen LogP contribution in [-0.2, 0) is 0 Å². The minimum Gasteiger partial charge on any atom is -0.334 e. The van der Waals surface area contributed by atoms with Crippen molar-refractivity contribution in [1.29, 1.82) is 0 Å². The molecule has 1 heterocycles. The second-order valence-electron chi connectivity index (χ2n) is 5.37. The number of hydrogen-bond donors (Lipinski definition) is 3. The van der Waals surface area contributed by atoms with E-state index >= 15 is 0 Å². The molecule has 0 fully saturated rings. The van der Waals surface area contributed by atoms with Crippen molar-refractivity contribution in [1.82, 2.24) is 15.4 Å². The van der Waals surface area contributed by atoms with E-state index in [1.807, 2.05) is 0 Å². The molecule has 0 saturated heterocycles. The van der Waals surface area contributed by atoms with Gasteiger partial charge in [0.2, 0.25) is 11.6 Å². The van der Waals surface area contributed by atoms with Crippen LogP contribution in [0, 0.1) is 15.9 Å². The zero-order valence-corrected chi connectivity index (χ0v) is 15.6. The summed E-state index contributed by atoms with van der Waals surface area (Å²) < 4.78 is 14.4. The van der Waals surface area contributed by atoms with Crippen molar-refractivity contribution in [3.8, 4) is 0 Å². The third kappa shape index (κ3) is 4.38. The van der Waals surface area contributed by atoms with Crippen LogP contribution in [0.5, 0.6) is 0 Å². The van der Waals surface area contributed by atoms with Crippen LogP contribution in [0.4, 0.5) is 27.4 Å². The van der Waals surface area contributed by atoms with E-state index in [9.17, 15) is 19.3 Å². The lowest BCUT2D eigenvalue weighted by Crippen LogP contribution is -2.31. The quantitative estimate of drug-likeness (QED) is 0.388. The fraction of sp³-hybridized carbons (Fsp3) is 0. The molecule has 0 aliphatic rings. The summed E-state index contributed by atoms with van der Waals surface area (Å²) in [5, 5.41) is 14.4. The number of nitrogens with zero attached hydrogens (tertiary/aromatic N) is 3. The van der Waals surface area contributed by atoms with Crippen LogP contribution in [0.1, 0.15) is 10.4 Å². The SMILES string of the molecule is O=C(NNc1ncnc(Nc2cccc(Br)c2)c1[N+](=O)[O-])c1ccccc1F. The second-order valence-corrected chi connectivity index (χ2v) is 6.29. The Balaban J connectivity index is 1.84. The molecule has 0 radical (unpaired) electrons. The maximum atomic E-state index is 13.7. The molecule has 0 unspecified atom stereocenters. The van der Waals surface area contributed by atoms with Crippen LogP contribution in [0.2, 0.25) is 0 Å². The topological polar surface area (TPSA) is 122 Å². The summed E-state index contributed by atoms with van der Waals surface area (Å²) in [5.41, 5.74) is 4.38. The number of amides is 1. The molecule has 1 aromatic heterocycles. The summed E-state index contributed by atoms with van der Waals surface area (Å²) in [6, 6.07) is 12.3. The predicted molar refractivity (Wildman–Crippen MR) is 104 cm³/mol. The zero-order valence-electron chi connectivity index (χ0n) is 14.0. The Hall–Kier alpha value is -3.60. The maximum Gasteiger partial charge on any atom is 0.355 e. The van der Waals surface area contributed by atoms with Crippen LogP contribution in [0.15, 0.2) is 59.3 Å². The van der Waals surface area contributed by atoms with Crippen LogP contribution < -0.4 is 16.2 Å². The highest BCUT2D eigenvalue weighted by Gasteiger charge is 2.24. The minimum absolute atomic E-state index is 0.0826. The molecule has 0 bridgehead atoms. The molecule has 3 aromatic rings. The van der Waals surface area contributed by atoms with Gasteiger partial charge < -0.3 is 5.32 Å². The van der Waals surface area contributed by atoms with Crippen LogP contribution in [0.25, 0.3) is 0 Å². The largest absolute Gasteiger partial charge is 0.355 e. The summed E-state index contributed by atoms with van der Waals surface area (Å²) in [4.78, 5) is 30.6. The van der Waals surface area contributed by atoms with Crippen molar-refractivity contribution < 1.29 is 14.1 Å². The lowest BCUT2D eigenvalue weighted by molar-refractivity contribution is -0.383. The van der Waals surface area contributed by atoms with E-state index in [-0.39, 0.29) is 17.2 Å². The number of carbonyl (C=O) groups is 1. The van der Waals surface area contributed by atoms with Crippen molar-refractivity contribution >= 4 is 44.8 Å². The first-order valence-electron chi connectivity index (χ1n) is 7.78. The van der Waals surface area contributed by atoms with Gasteiger partial charge in [-0.15, -0.1) is 0 Å². The Kier molecular flexibility index (Phi) is 5.75. The van der Waals surface area contributed by atoms with Crippen molar-refractivity contribution in [3.05, 3.63) is 80.8 Å². The average molecular weight is 447 g/mol. The average Bonchev–Trinajstić information content (AvgIpc) is 2.66. The molecule has 11 heteroatoms. The van der Waals surface area contributed by atoms with Gasteiger partial charge >= 0.3 is 5.69 Å². The Morgan fingerprint density at radius 3 is 2.57 bits per heavy atom. The summed E-state index contributed by atoms with van der Waals surface area (Å²) in [5.74, 6) is -1.88. The van der Waals surface area contributed by atoms with E-state index in [1.165, 1.54) is 18.2 Å². The summed E-state index contributed by atoms with van der Waals surface area (Å²) in [7, 11) is 0. The number of anilines is 3. The van der Waals surface area contributed by atoms with Gasteiger partial charge in [-0.25, -0.2) is 14.4 Å². The Morgan fingerprint density at radius 1 is 1.11 bits per heavy atom. The van der Waals surface area contributed by atoms with Gasteiger partial charge in [-0.05, 0) is 30.3 Å². The Labute approximate surface area is 166 Å². The Bertz CT molecular complexity index is 1050. The number of carbonyl (C=O) groups excluding carboxylic acids is 1. The highest BCUT2D eigenvalue weighted by atomic mass is 79.9. The summed E-state index contributed by atoms with van der Waals surface area (Å²) in [6.07, 6.45) is 1.09. The van der Waals surface area contributed by atoms with Crippen molar-refractivity contribution in [2.45, 2.75) is 0 Å². The van der Waals surface area contributed by atoms with Gasteiger partial charge in [-0.2, -0.15) is 0 Å². The summed E-state index contributed by atoms with van der Waals surface area (Å²) in [6.45, 7) is 0. The third-order valence-corrected chi connectivity index (χ3v) is 4.00. The molecule has 2 aromatic carbocycles. The van der Waals surface area contributed by atoms with Gasteiger partial charge in [0.25, 0.3) is 5.91 Å². The van der Waals surface area contributed by atoms with E-state index < -0.39 is 22.3 Å². The number of rotatable bonds is 6. The molecule has 0 saturated carbocycles. The molecule has 3 N–H and O–H groups in total. The monoisotopic (exact) mass is 446 g/mol. The lowest BCUT2D eigenvalue weighted by atomic mass is 10.2. The first-order valence-corrected chi connectivity index (χ1v) is 8.58. The zero-order chi connectivity index (χ0) is 20.1. The first kappa shape index (κ1) is 19.2. The molecule has 0 atom stereocenters. The van der Waals surface area contributed by atoms with Crippen molar-refractivity contribution in [2.24, 2.45) is 0 Å². The minimum atomic E-state index is -0.812. The molecule has 28 heavy (non-hydrogen) atoms. The van der Waals surface area contributed by atoms with Crippen molar-refractivity contribution in [2.75, 3.05) is 10.7 Å². The number of halogens is 2. The Morgan fingerprint density at radius 2 is 1.86 bits per heavy atom. The molecule has 0 aliphatic carbocycles. The van der Waals surface area contributed by atoms with Gasteiger partial charge in [0, 0.05) is 10.2 Å². The van der Waals surface area contributed by atoms with Gasteiger partial charge in [0.05, 0.1) is 10.5 Å². The predicted octanol–water partition coefficient (Wildman–Crippen LogP) is 3.79. The molecule has 142 valence electrons. The molecule has 3 rings (SSSR count). The number of nitrogens with one attached hydrogen (secondary N) is 3. The molecule has 9 nitrogen and oxygen atoms in total. The smallest absolute Gasteiger partial charge is 0.334 e. The highest BCUT2D eigenvalue weighted by Crippen LogP contribution is 2.31. The van der Waals surface area contributed by atoms with Gasteiger partial charge in [-0.3, -0.25) is 25.8 Å². The standard InChI is InChI=1S/C17H12BrFN6O3/c18-10-4-3-5-11(8-10)22-15-14(25(27)28)16(21-9-20-15)23-24-17(26)12-6-1-2-7-13(12)19/h1-9H,(H,24,26)(H2,20,21,22,23). The van der Waals surface area contributed by atoms with E-state index in [4.69, 9.17) is 0 Å².